The molecule has 2 nitrogen and oxygen atoms in total. The average molecular weight is 252 g/mol. The minimum atomic E-state index is 0.344. The number of nitrogens with one attached hydrogen (secondary N) is 1. The maximum atomic E-state index is 4.68. The van der Waals surface area contributed by atoms with Gasteiger partial charge in [-0.15, -0.1) is 22.7 Å². The van der Waals surface area contributed by atoms with E-state index in [0.717, 1.165) is 17.2 Å². The molecule has 0 spiro atoms. The zero-order chi connectivity index (χ0) is 11.5. The van der Waals surface area contributed by atoms with Crippen molar-refractivity contribution in [2.75, 3.05) is 6.54 Å². The highest BCUT2D eigenvalue weighted by molar-refractivity contribution is 7.21. The Kier molecular flexibility index (Phi) is 3.74. The van der Waals surface area contributed by atoms with E-state index < -0.39 is 0 Å². The molecule has 1 atom stereocenters. The summed E-state index contributed by atoms with van der Waals surface area (Å²) in [6.45, 7) is 7.38. The van der Waals surface area contributed by atoms with Crippen LogP contribution in [-0.4, -0.2) is 11.5 Å². The van der Waals surface area contributed by atoms with E-state index in [-0.39, 0.29) is 0 Å². The lowest BCUT2D eigenvalue weighted by Gasteiger charge is -2.07. The third-order valence-corrected chi connectivity index (χ3v) is 4.46. The number of thiazole rings is 1. The van der Waals surface area contributed by atoms with Crippen molar-refractivity contribution >= 4 is 22.7 Å². The smallest absolute Gasteiger partial charge is 0.133 e. The molecule has 0 fully saturated rings. The van der Waals surface area contributed by atoms with Crippen LogP contribution in [0.5, 0.6) is 0 Å². The van der Waals surface area contributed by atoms with Crippen LogP contribution in [0.25, 0.3) is 9.88 Å². The lowest BCUT2D eigenvalue weighted by Crippen LogP contribution is -2.17. The molecule has 86 valence electrons. The first kappa shape index (κ1) is 11.8. The highest BCUT2D eigenvalue weighted by Crippen LogP contribution is 2.31. The third kappa shape index (κ3) is 2.51. The molecule has 1 N–H and O–H groups in total. The highest BCUT2D eigenvalue weighted by Gasteiger charge is 2.10. The van der Waals surface area contributed by atoms with Crippen molar-refractivity contribution in [2.24, 2.45) is 0 Å². The first-order valence-electron chi connectivity index (χ1n) is 5.46. The molecule has 2 rings (SSSR count). The summed E-state index contributed by atoms with van der Waals surface area (Å²) in [6.07, 6.45) is 0. The van der Waals surface area contributed by atoms with E-state index in [2.05, 4.69) is 48.6 Å². The second kappa shape index (κ2) is 5.08. The Morgan fingerprint density at radius 2 is 2.25 bits per heavy atom. The Labute approximate surface area is 104 Å². The summed E-state index contributed by atoms with van der Waals surface area (Å²) in [4.78, 5) is 7.29. The van der Waals surface area contributed by atoms with Gasteiger partial charge in [-0.25, -0.2) is 4.98 Å². The van der Waals surface area contributed by atoms with Crippen molar-refractivity contribution in [1.82, 2.24) is 10.3 Å². The summed E-state index contributed by atoms with van der Waals surface area (Å²) in [5, 5.41) is 6.67. The van der Waals surface area contributed by atoms with Crippen molar-refractivity contribution in [2.45, 2.75) is 26.8 Å². The van der Waals surface area contributed by atoms with Crippen LogP contribution in [0.1, 0.15) is 30.5 Å². The molecular weight excluding hydrogens is 236 g/mol. The number of hydrogen-bond donors (Lipinski definition) is 1. The predicted octanol–water partition coefficient (Wildman–Crippen LogP) is 3.85. The minimum absolute atomic E-state index is 0.344. The normalized spacial score (nSPS) is 12.9. The molecule has 0 amide bonds. The van der Waals surface area contributed by atoms with Crippen LogP contribution in [0.4, 0.5) is 0 Å². The summed E-state index contributed by atoms with van der Waals surface area (Å²) >= 11 is 3.54. The van der Waals surface area contributed by atoms with Crippen molar-refractivity contribution in [3.05, 3.63) is 28.1 Å². The summed E-state index contributed by atoms with van der Waals surface area (Å²) in [5.74, 6) is 0. The molecule has 16 heavy (non-hydrogen) atoms. The van der Waals surface area contributed by atoms with Crippen molar-refractivity contribution in [3.8, 4) is 9.88 Å². The van der Waals surface area contributed by atoms with Crippen molar-refractivity contribution in [1.29, 1.82) is 0 Å². The van der Waals surface area contributed by atoms with E-state index in [1.165, 1.54) is 9.75 Å². The van der Waals surface area contributed by atoms with Gasteiger partial charge in [0.25, 0.3) is 0 Å². The van der Waals surface area contributed by atoms with Gasteiger partial charge in [-0.05, 0) is 32.5 Å². The van der Waals surface area contributed by atoms with Gasteiger partial charge >= 0.3 is 0 Å². The standard InChI is InChI=1S/C12H16N2S2/c1-4-13-9(3)10-7-15-12(14-10)11-6-5-8(2)16-11/h5-7,9,13H,4H2,1-3H3. The highest BCUT2D eigenvalue weighted by atomic mass is 32.1. The zero-order valence-corrected chi connectivity index (χ0v) is 11.4. The Bertz CT molecular complexity index is 459. The molecule has 2 heterocycles. The van der Waals surface area contributed by atoms with Crippen LogP contribution in [0.3, 0.4) is 0 Å². The molecule has 4 heteroatoms. The molecule has 0 aliphatic rings. The van der Waals surface area contributed by atoms with Crippen LogP contribution in [0.2, 0.25) is 0 Å². The maximum Gasteiger partial charge on any atom is 0.133 e. The van der Waals surface area contributed by atoms with E-state index >= 15 is 0 Å². The fourth-order valence-electron chi connectivity index (χ4n) is 1.56. The van der Waals surface area contributed by atoms with Gasteiger partial charge in [0, 0.05) is 16.3 Å². The van der Waals surface area contributed by atoms with Crippen LogP contribution in [0, 0.1) is 6.92 Å². The average Bonchev–Trinajstić information content (AvgIpc) is 2.85. The topological polar surface area (TPSA) is 24.9 Å². The lowest BCUT2D eigenvalue weighted by atomic mass is 10.2. The number of aryl methyl sites for hydroxylation is 1. The molecule has 0 aliphatic heterocycles. The van der Waals surface area contributed by atoms with Crippen molar-refractivity contribution < 1.29 is 0 Å². The number of aromatic nitrogens is 1. The van der Waals surface area contributed by atoms with E-state index in [4.69, 9.17) is 0 Å². The molecular formula is C12H16N2S2. The zero-order valence-electron chi connectivity index (χ0n) is 9.78. The molecule has 0 bridgehead atoms. The van der Waals surface area contributed by atoms with E-state index in [9.17, 15) is 0 Å². The minimum Gasteiger partial charge on any atom is -0.309 e. The van der Waals surface area contributed by atoms with Gasteiger partial charge < -0.3 is 5.32 Å². The molecule has 0 aromatic carbocycles. The summed E-state index contributed by atoms with van der Waals surface area (Å²) in [7, 11) is 0. The fourth-order valence-corrected chi connectivity index (χ4v) is 3.41. The Morgan fingerprint density at radius 1 is 1.44 bits per heavy atom. The molecule has 0 saturated heterocycles. The van der Waals surface area contributed by atoms with Gasteiger partial charge in [0.05, 0.1) is 10.6 Å². The van der Waals surface area contributed by atoms with Crippen LogP contribution < -0.4 is 5.32 Å². The van der Waals surface area contributed by atoms with E-state index in [1.54, 1.807) is 22.7 Å². The molecule has 2 aromatic heterocycles. The van der Waals surface area contributed by atoms with Crippen molar-refractivity contribution in [3.63, 3.8) is 0 Å². The van der Waals surface area contributed by atoms with Gasteiger partial charge in [0.1, 0.15) is 5.01 Å². The first-order chi connectivity index (χ1) is 7.70. The van der Waals surface area contributed by atoms with Crippen LogP contribution >= 0.6 is 22.7 Å². The summed E-state index contributed by atoms with van der Waals surface area (Å²) in [5.41, 5.74) is 1.15. The fraction of sp³-hybridized carbons (Fsp3) is 0.417. The van der Waals surface area contributed by atoms with Gasteiger partial charge in [-0.2, -0.15) is 0 Å². The lowest BCUT2D eigenvalue weighted by molar-refractivity contribution is 0.587. The van der Waals surface area contributed by atoms with Gasteiger partial charge in [-0.3, -0.25) is 0 Å². The molecule has 0 aliphatic carbocycles. The molecule has 0 saturated carbocycles. The first-order valence-corrected chi connectivity index (χ1v) is 7.16. The molecule has 0 radical (unpaired) electrons. The summed E-state index contributed by atoms with van der Waals surface area (Å²) in [6, 6.07) is 4.64. The van der Waals surface area contributed by atoms with E-state index in [1.807, 2.05) is 0 Å². The Balaban J connectivity index is 2.19. The van der Waals surface area contributed by atoms with Crippen LogP contribution in [0.15, 0.2) is 17.5 Å². The maximum absolute atomic E-state index is 4.68. The second-order valence-electron chi connectivity index (χ2n) is 3.77. The SMILES string of the molecule is CCNC(C)c1csc(-c2ccc(C)s2)n1. The van der Waals surface area contributed by atoms with E-state index in [0.29, 0.717) is 6.04 Å². The number of rotatable bonds is 4. The monoisotopic (exact) mass is 252 g/mol. The van der Waals surface area contributed by atoms with Gasteiger partial charge in [-0.1, -0.05) is 6.92 Å². The third-order valence-electron chi connectivity index (χ3n) is 2.43. The summed E-state index contributed by atoms with van der Waals surface area (Å²) < 4.78 is 0. The second-order valence-corrected chi connectivity index (χ2v) is 5.91. The quantitative estimate of drug-likeness (QED) is 0.894. The number of hydrogen-bond acceptors (Lipinski definition) is 4. The Hall–Kier alpha value is -0.710. The van der Waals surface area contributed by atoms with Gasteiger partial charge in [0.2, 0.25) is 0 Å². The van der Waals surface area contributed by atoms with Gasteiger partial charge in [0.15, 0.2) is 0 Å². The number of nitrogens with zero attached hydrogens (tertiary/aromatic N) is 1. The molecule has 2 aromatic rings. The molecule has 1 unspecified atom stereocenters. The van der Waals surface area contributed by atoms with Crippen LogP contribution in [-0.2, 0) is 0 Å². The largest absolute Gasteiger partial charge is 0.309 e. The number of thiophene rings is 1. The Morgan fingerprint density at radius 3 is 2.88 bits per heavy atom. The predicted molar refractivity (Wildman–Crippen MR) is 72.3 cm³/mol.